The highest BCUT2D eigenvalue weighted by atomic mass is 16.6. The van der Waals surface area contributed by atoms with Crippen molar-refractivity contribution < 1.29 is 19.5 Å². The van der Waals surface area contributed by atoms with E-state index in [1.807, 2.05) is 0 Å². The van der Waals surface area contributed by atoms with E-state index >= 15 is 0 Å². The van der Waals surface area contributed by atoms with Crippen molar-refractivity contribution in [2.24, 2.45) is 0 Å². The van der Waals surface area contributed by atoms with Gasteiger partial charge in [0.1, 0.15) is 5.52 Å². The molecule has 0 saturated heterocycles. The van der Waals surface area contributed by atoms with Gasteiger partial charge in [-0.1, -0.05) is 0 Å². The smallest absolute Gasteiger partial charge is 0.326 e. The van der Waals surface area contributed by atoms with Crippen LogP contribution in [-0.2, 0) is 0 Å². The number of aromatic nitrogens is 4. The van der Waals surface area contributed by atoms with Gasteiger partial charge in [0.15, 0.2) is 11.5 Å². The number of anilines is 1. The summed E-state index contributed by atoms with van der Waals surface area (Å²) in [7, 11) is 0. The molecular weight excluding hydrogens is 356 g/mol. The van der Waals surface area contributed by atoms with Crippen molar-refractivity contribution >= 4 is 34.0 Å². The van der Waals surface area contributed by atoms with E-state index in [2.05, 4.69) is 19.9 Å². The molecule has 3 rings (SSSR count). The fraction of sp³-hybridized carbons (Fsp3) is 0. The molecule has 0 aliphatic carbocycles. The van der Waals surface area contributed by atoms with Crippen LogP contribution in [0.5, 0.6) is 11.8 Å². The maximum Gasteiger partial charge on any atom is 0.326 e. The molecule has 26 heavy (non-hydrogen) atoms. The molecule has 3 aromatic rings. The second kappa shape index (κ2) is 5.89. The molecule has 0 radical (unpaired) electrons. The Morgan fingerprint density at radius 3 is 2.15 bits per heavy atom. The lowest BCUT2D eigenvalue weighted by Gasteiger charge is -2.06. The van der Waals surface area contributed by atoms with E-state index in [-0.39, 0.29) is 17.0 Å². The first-order valence-electron chi connectivity index (χ1n) is 6.53. The number of fused-ring (bicyclic) bond motifs is 1. The minimum Gasteiger partial charge on any atom is -0.409 e. The summed E-state index contributed by atoms with van der Waals surface area (Å²) >= 11 is 0. The third kappa shape index (κ3) is 2.75. The van der Waals surface area contributed by atoms with E-state index in [1.54, 1.807) is 0 Å². The number of nitrogens with zero attached hydrogens (tertiary/aromatic N) is 6. The maximum atomic E-state index is 11.2. The highest BCUT2D eigenvalue weighted by molar-refractivity contribution is 5.81. The van der Waals surface area contributed by atoms with Gasteiger partial charge in [0.25, 0.3) is 11.4 Å². The van der Waals surface area contributed by atoms with Crippen LogP contribution in [0.4, 0.5) is 22.9 Å². The summed E-state index contributed by atoms with van der Waals surface area (Å²) in [6.07, 6.45) is 1.26. The molecule has 1 aromatic carbocycles. The first-order valence-corrected chi connectivity index (χ1v) is 6.53. The third-order valence-corrected chi connectivity index (χ3v) is 3.13. The number of nitrogens with two attached hydrogens (primary N) is 1. The van der Waals surface area contributed by atoms with Gasteiger partial charge in [-0.25, -0.2) is 4.98 Å². The highest BCUT2D eigenvalue weighted by Crippen LogP contribution is 2.42. The lowest BCUT2D eigenvalue weighted by atomic mass is 10.2. The van der Waals surface area contributed by atoms with Crippen LogP contribution in [0.3, 0.4) is 0 Å². The Balaban J connectivity index is 2.19. The second-order valence-corrected chi connectivity index (χ2v) is 4.68. The zero-order chi connectivity index (χ0) is 19.0. The zero-order valence-corrected chi connectivity index (χ0v) is 12.4. The molecule has 0 fully saturated rings. The molecule has 0 unspecified atom stereocenters. The number of non-ortho nitro benzene ring substituents is 1. The molecule has 0 saturated carbocycles. The lowest BCUT2D eigenvalue weighted by molar-refractivity contribution is -0.404. The van der Waals surface area contributed by atoms with Crippen LogP contribution in [0.15, 0.2) is 18.5 Å². The number of aromatic amines is 1. The van der Waals surface area contributed by atoms with Crippen molar-refractivity contribution in [1.29, 1.82) is 0 Å². The molecule has 0 aliphatic rings. The van der Waals surface area contributed by atoms with Crippen LogP contribution in [0.1, 0.15) is 0 Å². The first-order chi connectivity index (χ1) is 12.3. The predicted molar refractivity (Wildman–Crippen MR) is 82.6 cm³/mol. The fourth-order valence-corrected chi connectivity index (χ4v) is 2.04. The van der Waals surface area contributed by atoms with Gasteiger partial charge in [-0.05, 0) is 0 Å². The minimum atomic E-state index is -1.06. The normalized spacial score (nSPS) is 10.6. The molecule has 15 heteroatoms. The average molecular weight is 362 g/mol. The fourth-order valence-electron chi connectivity index (χ4n) is 2.04. The van der Waals surface area contributed by atoms with Crippen molar-refractivity contribution in [2.45, 2.75) is 0 Å². The van der Waals surface area contributed by atoms with Crippen molar-refractivity contribution in [1.82, 2.24) is 19.9 Å². The van der Waals surface area contributed by atoms with E-state index in [9.17, 15) is 30.3 Å². The Bertz CT molecular complexity index is 1040. The summed E-state index contributed by atoms with van der Waals surface area (Å²) in [5, 5.41) is 33.2. The summed E-state index contributed by atoms with van der Waals surface area (Å²) in [6.45, 7) is 0. The molecule has 0 aliphatic heterocycles. The maximum absolute atomic E-state index is 11.2. The number of H-pyrrole nitrogens is 1. The summed E-state index contributed by atoms with van der Waals surface area (Å²) in [4.78, 5) is 44.1. The second-order valence-electron chi connectivity index (χ2n) is 4.68. The molecule has 132 valence electrons. The Labute approximate surface area is 140 Å². The van der Waals surface area contributed by atoms with Crippen LogP contribution in [0.25, 0.3) is 11.2 Å². The summed E-state index contributed by atoms with van der Waals surface area (Å²) in [5.74, 6) is -0.991. The number of benzene rings is 1. The van der Waals surface area contributed by atoms with E-state index < -0.39 is 43.6 Å². The quantitative estimate of drug-likeness (QED) is 0.488. The van der Waals surface area contributed by atoms with Crippen molar-refractivity contribution in [3.63, 3.8) is 0 Å². The van der Waals surface area contributed by atoms with Crippen LogP contribution < -0.4 is 10.5 Å². The SMILES string of the molecule is Nc1nc(Oc2c([N+](=O)[O-])cc([N+](=O)[O-])cc2[N+](=O)[O-])nc2nc[nH]c12. The number of rotatable bonds is 5. The summed E-state index contributed by atoms with van der Waals surface area (Å²) < 4.78 is 5.09. The van der Waals surface area contributed by atoms with E-state index in [1.165, 1.54) is 6.33 Å². The zero-order valence-electron chi connectivity index (χ0n) is 12.4. The Hall–Kier alpha value is -4.43. The van der Waals surface area contributed by atoms with Crippen molar-refractivity contribution in [3.8, 4) is 11.8 Å². The summed E-state index contributed by atoms with van der Waals surface area (Å²) in [6, 6.07) is 0.500. The average Bonchev–Trinajstić information content (AvgIpc) is 3.03. The van der Waals surface area contributed by atoms with Crippen LogP contribution >= 0.6 is 0 Å². The van der Waals surface area contributed by atoms with Gasteiger partial charge < -0.3 is 15.5 Å². The minimum absolute atomic E-state index is 0.0553. The lowest BCUT2D eigenvalue weighted by Crippen LogP contribution is -2.03. The molecule has 3 N–H and O–H groups in total. The van der Waals surface area contributed by atoms with Gasteiger partial charge in [0, 0.05) is 0 Å². The van der Waals surface area contributed by atoms with Crippen LogP contribution in [0.2, 0.25) is 0 Å². The molecule has 0 atom stereocenters. The van der Waals surface area contributed by atoms with Crippen LogP contribution in [-0.4, -0.2) is 34.7 Å². The molecule has 0 amide bonds. The summed E-state index contributed by atoms with van der Waals surface area (Å²) in [5.41, 5.74) is 3.12. The van der Waals surface area contributed by atoms with Gasteiger partial charge in [0.2, 0.25) is 0 Å². The van der Waals surface area contributed by atoms with Gasteiger partial charge in [-0.15, -0.1) is 0 Å². The third-order valence-electron chi connectivity index (χ3n) is 3.13. The molecule has 15 nitrogen and oxygen atoms in total. The van der Waals surface area contributed by atoms with Crippen molar-refractivity contribution in [3.05, 3.63) is 48.8 Å². The molecule has 2 aromatic heterocycles. The molecule has 0 spiro atoms. The largest absolute Gasteiger partial charge is 0.409 e. The number of nitro groups is 3. The van der Waals surface area contributed by atoms with Crippen LogP contribution in [0, 0.1) is 30.3 Å². The monoisotopic (exact) mass is 362 g/mol. The number of ether oxygens (including phenoxy) is 1. The van der Waals surface area contributed by atoms with Gasteiger partial charge in [0.05, 0.1) is 33.2 Å². The highest BCUT2D eigenvalue weighted by Gasteiger charge is 2.33. The first kappa shape index (κ1) is 16.4. The van der Waals surface area contributed by atoms with Crippen molar-refractivity contribution in [2.75, 3.05) is 5.73 Å². The molecular formula is C11H6N8O7. The number of hydrogen-bond donors (Lipinski definition) is 2. The Morgan fingerprint density at radius 1 is 1.00 bits per heavy atom. The number of nitrogens with one attached hydrogen (secondary N) is 1. The Morgan fingerprint density at radius 2 is 1.62 bits per heavy atom. The number of nitro benzene ring substituents is 3. The molecule has 2 heterocycles. The van der Waals surface area contributed by atoms with Gasteiger partial charge in [-0.3, -0.25) is 30.3 Å². The number of nitrogen functional groups attached to an aromatic ring is 1. The van der Waals surface area contributed by atoms with E-state index in [4.69, 9.17) is 10.5 Å². The predicted octanol–water partition coefficient (Wildman–Crippen LogP) is 1.45. The number of imidazole rings is 1. The van der Waals surface area contributed by atoms with E-state index in [0.717, 1.165) is 0 Å². The van der Waals surface area contributed by atoms with Gasteiger partial charge >= 0.3 is 17.4 Å². The molecule has 0 bridgehead atoms. The van der Waals surface area contributed by atoms with E-state index in [0.29, 0.717) is 12.1 Å². The van der Waals surface area contributed by atoms with Gasteiger partial charge in [-0.2, -0.15) is 9.97 Å². The Kier molecular flexibility index (Phi) is 3.72. The number of hydrogen-bond acceptors (Lipinski definition) is 11. The standard InChI is InChI=1S/C11H6N8O7/c12-9-7-10(14-3-13-7)16-11(15-9)26-8-5(18(22)23)1-4(17(20)21)2-6(8)19(24)25/h1-3H,(H3,12,13,14,15,16). The topological polar surface area (TPSA) is 219 Å².